The van der Waals surface area contributed by atoms with Crippen LogP contribution >= 0.6 is 0 Å². The van der Waals surface area contributed by atoms with Gasteiger partial charge in [-0.1, -0.05) is 0 Å². The molecule has 3 fully saturated rings. The molecule has 6 nitrogen and oxygen atoms in total. The Labute approximate surface area is 222 Å². The maximum absolute atomic E-state index is 13.6. The molecule has 3 heterocycles. The van der Waals surface area contributed by atoms with Gasteiger partial charge in [0.2, 0.25) is 0 Å². The number of benzene rings is 3. The van der Waals surface area contributed by atoms with Crippen molar-refractivity contribution in [3.05, 3.63) is 91.0 Å². The number of aliphatic hydroxyl groups is 1. The fourth-order valence-corrected chi connectivity index (χ4v) is 22.9. The van der Waals surface area contributed by atoms with Crippen LogP contribution < -0.4 is 10.7 Å². The van der Waals surface area contributed by atoms with E-state index in [1.165, 1.54) is 0 Å². The number of hydrogen-bond donors (Lipinski definition) is 1. The predicted molar refractivity (Wildman–Crippen MR) is 143 cm³/mol. The SMILES string of the molecule is CC1(C)OC[C@H]([C@H]2O[C@@H]3OC(C)(C)O[C@@H]3[C@@]2(O)[Sn]([c]2ccccc2)([c]2ccccc2)[c]2ccccc2)O1. The van der Waals surface area contributed by atoms with Gasteiger partial charge in [0.1, 0.15) is 0 Å². The average molecular weight is 609 g/mol. The Morgan fingerprint density at radius 2 is 1.14 bits per heavy atom. The molecule has 3 aliphatic heterocycles. The maximum atomic E-state index is 13.6. The second-order valence-corrected chi connectivity index (χ2v) is 22.5. The molecule has 5 atom stereocenters. The van der Waals surface area contributed by atoms with E-state index in [9.17, 15) is 5.11 Å². The number of ether oxygens (including phenoxy) is 5. The van der Waals surface area contributed by atoms with Gasteiger partial charge in [0, 0.05) is 0 Å². The molecule has 194 valence electrons. The van der Waals surface area contributed by atoms with E-state index in [4.69, 9.17) is 23.7 Å². The van der Waals surface area contributed by atoms with Crippen LogP contribution in [0.2, 0.25) is 0 Å². The monoisotopic (exact) mass is 610 g/mol. The molecule has 6 rings (SSSR count). The van der Waals surface area contributed by atoms with E-state index in [2.05, 4.69) is 36.4 Å². The second-order valence-electron chi connectivity index (χ2n) is 11.0. The molecule has 0 aliphatic carbocycles. The van der Waals surface area contributed by atoms with Gasteiger partial charge in [-0.2, -0.15) is 0 Å². The van der Waals surface area contributed by atoms with Crippen molar-refractivity contribution < 1.29 is 28.8 Å². The van der Waals surface area contributed by atoms with Crippen LogP contribution in [-0.4, -0.2) is 69.9 Å². The Balaban J connectivity index is 1.67. The van der Waals surface area contributed by atoms with Gasteiger partial charge >= 0.3 is 223 Å². The summed E-state index contributed by atoms with van der Waals surface area (Å²) in [5.74, 6) is -1.68. The van der Waals surface area contributed by atoms with Gasteiger partial charge in [0.25, 0.3) is 0 Å². The minimum atomic E-state index is -4.50. The van der Waals surface area contributed by atoms with Crippen LogP contribution in [0.4, 0.5) is 0 Å². The Morgan fingerprint density at radius 3 is 1.57 bits per heavy atom. The predicted octanol–water partition coefficient (Wildman–Crippen LogP) is 2.46. The van der Waals surface area contributed by atoms with E-state index >= 15 is 0 Å². The zero-order valence-electron chi connectivity index (χ0n) is 21.7. The topological polar surface area (TPSA) is 66.4 Å². The Morgan fingerprint density at radius 1 is 0.649 bits per heavy atom. The first kappa shape index (κ1) is 25.5. The molecule has 0 bridgehead atoms. The van der Waals surface area contributed by atoms with Crippen LogP contribution in [0.5, 0.6) is 0 Å². The molecule has 0 amide bonds. The van der Waals surface area contributed by atoms with E-state index in [0.29, 0.717) is 6.61 Å². The quantitative estimate of drug-likeness (QED) is 0.449. The number of rotatable bonds is 5. The summed E-state index contributed by atoms with van der Waals surface area (Å²) in [6.07, 6.45) is -2.66. The summed E-state index contributed by atoms with van der Waals surface area (Å²) in [5, 5.41) is 13.6. The van der Waals surface area contributed by atoms with Crippen molar-refractivity contribution >= 4 is 29.1 Å². The van der Waals surface area contributed by atoms with E-state index in [1.54, 1.807) is 0 Å². The molecule has 0 spiro atoms. The third-order valence-electron chi connectivity index (χ3n) is 7.80. The summed E-state index contributed by atoms with van der Waals surface area (Å²) in [6.45, 7) is 7.82. The van der Waals surface area contributed by atoms with Gasteiger partial charge in [-0.3, -0.25) is 0 Å². The molecule has 3 aromatic carbocycles. The van der Waals surface area contributed by atoms with E-state index in [0.717, 1.165) is 10.7 Å². The molecule has 3 aromatic rings. The molecule has 37 heavy (non-hydrogen) atoms. The first-order valence-corrected chi connectivity index (χ1v) is 18.6. The van der Waals surface area contributed by atoms with Crippen LogP contribution in [0.15, 0.2) is 91.0 Å². The molecule has 7 heteroatoms. The summed E-state index contributed by atoms with van der Waals surface area (Å²) >= 11 is -4.50. The normalized spacial score (nSPS) is 32.4. The Hall–Kier alpha value is -1.78. The van der Waals surface area contributed by atoms with Gasteiger partial charge in [-0.15, -0.1) is 0 Å². The Bertz CT molecular complexity index is 1140. The zero-order chi connectivity index (χ0) is 25.9. The summed E-state index contributed by atoms with van der Waals surface area (Å²) < 4.78 is 33.7. The molecular formula is C30H34O6Sn. The van der Waals surface area contributed by atoms with Crippen molar-refractivity contribution in [2.75, 3.05) is 6.61 Å². The van der Waals surface area contributed by atoms with Crippen molar-refractivity contribution in [1.29, 1.82) is 0 Å². The van der Waals surface area contributed by atoms with Crippen LogP contribution in [0.25, 0.3) is 0 Å². The summed E-state index contributed by atoms with van der Waals surface area (Å²) in [4.78, 5) is 0. The third kappa shape index (κ3) is 4.00. The van der Waals surface area contributed by atoms with Gasteiger partial charge in [-0.25, -0.2) is 0 Å². The van der Waals surface area contributed by atoms with E-state index in [-0.39, 0.29) is 0 Å². The van der Waals surface area contributed by atoms with Crippen molar-refractivity contribution in [2.24, 2.45) is 0 Å². The van der Waals surface area contributed by atoms with Crippen molar-refractivity contribution in [1.82, 2.24) is 0 Å². The molecule has 0 unspecified atom stereocenters. The van der Waals surface area contributed by atoms with Crippen LogP contribution in [0, 0.1) is 0 Å². The number of hydrogen-bond acceptors (Lipinski definition) is 6. The summed E-state index contributed by atoms with van der Waals surface area (Å²) in [6, 6.07) is 31.2. The van der Waals surface area contributed by atoms with Crippen LogP contribution in [0.3, 0.4) is 0 Å². The minimum absolute atomic E-state index is 0.309. The summed E-state index contributed by atoms with van der Waals surface area (Å²) in [7, 11) is 0. The van der Waals surface area contributed by atoms with Gasteiger partial charge < -0.3 is 0 Å². The molecule has 1 N–H and O–H groups in total. The molecule has 0 radical (unpaired) electrons. The molecular weight excluding hydrogens is 575 g/mol. The van der Waals surface area contributed by atoms with Crippen LogP contribution in [0.1, 0.15) is 27.7 Å². The fourth-order valence-electron chi connectivity index (χ4n) is 6.46. The fraction of sp³-hybridized carbons (Fsp3) is 0.400. The summed E-state index contributed by atoms with van der Waals surface area (Å²) in [5.41, 5.74) is 0. The van der Waals surface area contributed by atoms with E-state index in [1.807, 2.05) is 82.3 Å². The molecule has 0 aromatic heterocycles. The second kappa shape index (κ2) is 9.16. The average Bonchev–Trinajstić information content (AvgIpc) is 3.50. The Kier molecular flexibility index (Phi) is 6.31. The van der Waals surface area contributed by atoms with Gasteiger partial charge in [0.15, 0.2) is 0 Å². The van der Waals surface area contributed by atoms with Crippen molar-refractivity contribution in [3.63, 3.8) is 0 Å². The first-order chi connectivity index (χ1) is 17.7. The first-order valence-electron chi connectivity index (χ1n) is 12.9. The van der Waals surface area contributed by atoms with Gasteiger partial charge in [0.05, 0.1) is 0 Å². The molecule has 3 saturated heterocycles. The molecule has 0 saturated carbocycles. The van der Waals surface area contributed by atoms with Crippen molar-refractivity contribution in [2.45, 2.75) is 67.5 Å². The van der Waals surface area contributed by atoms with E-state index < -0.39 is 58.2 Å². The molecule has 3 aliphatic rings. The van der Waals surface area contributed by atoms with Crippen LogP contribution in [-0.2, 0) is 23.7 Å². The zero-order valence-corrected chi connectivity index (χ0v) is 24.5. The van der Waals surface area contributed by atoms with Crippen molar-refractivity contribution in [3.8, 4) is 0 Å². The number of fused-ring (bicyclic) bond motifs is 1. The van der Waals surface area contributed by atoms with Gasteiger partial charge in [-0.05, 0) is 0 Å². The third-order valence-corrected chi connectivity index (χ3v) is 23.1. The standard InChI is InChI=1S/C12H19O6.3C6H5.Sn/c1-11(2)14-5-6(16-11)8-7(13)9-10(15-8)18-12(3,4)17-9;3*1-2-4-6-5-3-1;/h6,8-10,13H,5H2,1-4H3;3*1-5H;/t6-,8-,9-,10-;;;;/m1..../s1.